The van der Waals surface area contributed by atoms with Crippen molar-refractivity contribution in [3.63, 3.8) is 0 Å². The Bertz CT molecular complexity index is 600. The summed E-state index contributed by atoms with van der Waals surface area (Å²) in [6.07, 6.45) is 0.727. The van der Waals surface area contributed by atoms with E-state index in [1.807, 2.05) is 30.3 Å². The molecule has 2 rings (SSSR count). The van der Waals surface area contributed by atoms with Crippen LogP contribution in [0.3, 0.4) is 0 Å². The molecule has 0 spiro atoms. The predicted molar refractivity (Wildman–Crippen MR) is 69.8 cm³/mol. The summed E-state index contributed by atoms with van der Waals surface area (Å²) >= 11 is 0. The number of fused-ring (bicyclic) bond motifs is 1. The summed E-state index contributed by atoms with van der Waals surface area (Å²) in [5.41, 5.74) is 0.419. The van der Waals surface area contributed by atoms with Gasteiger partial charge >= 0.3 is 5.97 Å². The fourth-order valence-electron chi connectivity index (χ4n) is 1.71. The lowest BCUT2D eigenvalue weighted by atomic mass is 10.0. The van der Waals surface area contributed by atoms with Crippen molar-refractivity contribution in [3.05, 3.63) is 42.0 Å². The molecule has 0 atom stereocenters. The van der Waals surface area contributed by atoms with E-state index in [0.717, 1.165) is 17.1 Å². The Kier molecular flexibility index (Phi) is 3.42. The maximum Gasteiger partial charge on any atom is 0.313 e. The van der Waals surface area contributed by atoms with Gasteiger partial charge in [-0.05, 0) is 16.8 Å². The Hall–Kier alpha value is -2.16. The molecular formula is C15H14O3. The Labute approximate surface area is 105 Å². The molecule has 0 saturated heterocycles. The number of carbonyl (C=O) groups excluding carboxylic acids is 2. The molecular weight excluding hydrogens is 228 g/mol. The Morgan fingerprint density at radius 2 is 1.89 bits per heavy atom. The molecule has 2 aromatic rings. The van der Waals surface area contributed by atoms with E-state index in [1.165, 1.54) is 0 Å². The van der Waals surface area contributed by atoms with Gasteiger partial charge in [0.05, 0.1) is 11.5 Å². The quantitative estimate of drug-likeness (QED) is 0.471. The van der Waals surface area contributed by atoms with E-state index >= 15 is 0 Å². The summed E-state index contributed by atoms with van der Waals surface area (Å²) in [5, 5.41) is 1.74. The number of benzene rings is 2. The van der Waals surface area contributed by atoms with Crippen molar-refractivity contribution in [2.24, 2.45) is 5.92 Å². The SMILES string of the molecule is CC(C)C(=O)Oc1ccc2ccccc2c1C=O. The van der Waals surface area contributed by atoms with Crippen molar-refractivity contribution in [2.75, 3.05) is 0 Å². The standard InChI is InChI=1S/C15H14O3/c1-10(2)15(17)18-14-8-7-11-5-3-4-6-12(11)13(14)9-16/h3-10H,1-2H3. The first-order valence-electron chi connectivity index (χ1n) is 5.82. The molecule has 0 unspecified atom stereocenters. The molecule has 0 radical (unpaired) electrons. The maximum atomic E-state index is 11.6. The van der Waals surface area contributed by atoms with E-state index in [4.69, 9.17) is 4.74 Å². The van der Waals surface area contributed by atoms with Gasteiger partial charge in [-0.3, -0.25) is 9.59 Å². The molecule has 0 saturated carbocycles. The average molecular weight is 242 g/mol. The summed E-state index contributed by atoms with van der Waals surface area (Å²) in [4.78, 5) is 22.8. The monoisotopic (exact) mass is 242 g/mol. The van der Waals surface area contributed by atoms with Gasteiger partial charge in [-0.2, -0.15) is 0 Å². The summed E-state index contributed by atoms with van der Waals surface area (Å²) in [6.45, 7) is 3.51. The predicted octanol–water partition coefficient (Wildman–Crippen LogP) is 3.21. The van der Waals surface area contributed by atoms with Gasteiger partial charge in [-0.25, -0.2) is 0 Å². The van der Waals surface area contributed by atoms with Crippen LogP contribution < -0.4 is 4.74 Å². The Balaban J connectivity index is 2.51. The van der Waals surface area contributed by atoms with Gasteiger partial charge in [-0.1, -0.05) is 44.2 Å². The molecule has 0 aliphatic carbocycles. The van der Waals surface area contributed by atoms with Crippen LogP contribution in [-0.2, 0) is 4.79 Å². The summed E-state index contributed by atoms with van der Waals surface area (Å²) in [5.74, 6) is -0.244. The number of hydrogen-bond acceptors (Lipinski definition) is 3. The van der Waals surface area contributed by atoms with Gasteiger partial charge in [0.2, 0.25) is 0 Å². The third-order valence-corrected chi connectivity index (χ3v) is 2.73. The van der Waals surface area contributed by atoms with Crippen LogP contribution in [0.4, 0.5) is 0 Å². The minimum atomic E-state index is -0.339. The third kappa shape index (κ3) is 2.25. The van der Waals surface area contributed by atoms with Crippen LogP contribution >= 0.6 is 0 Å². The average Bonchev–Trinajstić information content (AvgIpc) is 2.38. The number of aldehydes is 1. The topological polar surface area (TPSA) is 43.4 Å². The van der Waals surface area contributed by atoms with E-state index in [2.05, 4.69) is 0 Å². The second-order valence-corrected chi connectivity index (χ2v) is 4.39. The van der Waals surface area contributed by atoms with Gasteiger partial charge in [0.1, 0.15) is 5.75 Å². The number of esters is 1. The van der Waals surface area contributed by atoms with Crippen molar-refractivity contribution >= 4 is 23.0 Å². The first kappa shape index (κ1) is 12.3. The molecule has 0 aliphatic heterocycles. The highest BCUT2D eigenvalue weighted by Crippen LogP contribution is 2.27. The Morgan fingerprint density at radius 3 is 2.56 bits per heavy atom. The van der Waals surface area contributed by atoms with Crippen LogP contribution in [0, 0.1) is 5.92 Å². The van der Waals surface area contributed by atoms with Crippen LogP contribution in [-0.4, -0.2) is 12.3 Å². The van der Waals surface area contributed by atoms with Crippen LogP contribution in [0.5, 0.6) is 5.75 Å². The molecule has 92 valence electrons. The number of hydrogen-bond donors (Lipinski definition) is 0. The third-order valence-electron chi connectivity index (χ3n) is 2.73. The second-order valence-electron chi connectivity index (χ2n) is 4.39. The molecule has 0 amide bonds. The van der Waals surface area contributed by atoms with Gasteiger partial charge < -0.3 is 4.74 Å². The smallest absolute Gasteiger partial charge is 0.313 e. The molecule has 3 heteroatoms. The fourth-order valence-corrected chi connectivity index (χ4v) is 1.71. The molecule has 18 heavy (non-hydrogen) atoms. The maximum absolute atomic E-state index is 11.6. The summed E-state index contributed by atoms with van der Waals surface area (Å²) < 4.78 is 5.24. The van der Waals surface area contributed by atoms with Crippen LogP contribution in [0.15, 0.2) is 36.4 Å². The van der Waals surface area contributed by atoms with E-state index in [0.29, 0.717) is 11.3 Å². The normalized spacial score (nSPS) is 10.6. The molecule has 0 heterocycles. The van der Waals surface area contributed by atoms with Gasteiger partial charge in [-0.15, -0.1) is 0 Å². The second kappa shape index (κ2) is 5.00. The molecule has 0 bridgehead atoms. The molecule has 2 aromatic carbocycles. The van der Waals surface area contributed by atoms with Crippen molar-refractivity contribution in [1.29, 1.82) is 0 Å². The minimum absolute atomic E-state index is 0.226. The molecule has 3 nitrogen and oxygen atoms in total. The Morgan fingerprint density at radius 1 is 1.17 bits per heavy atom. The van der Waals surface area contributed by atoms with E-state index in [9.17, 15) is 9.59 Å². The first-order valence-corrected chi connectivity index (χ1v) is 5.82. The van der Waals surface area contributed by atoms with Crippen molar-refractivity contribution in [2.45, 2.75) is 13.8 Å². The lowest BCUT2D eigenvalue weighted by Gasteiger charge is -2.10. The van der Waals surface area contributed by atoms with E-state index < -0.39 is 0 Å². The number of rotatable bonds is 3. The molecule has 0 aromatic heterocycles. The lowest BCUT2D eigenvalue weighted by molar-refractivity contribution is -0.137. The zero-order chi connectivity index (χ0) is 13.1. The van der Waals surface area contributed by atoms with Crippen LogP contribution in [0.2, 0.25) is 0 Å². The minimum Gasteiger partial charge on any atom is -0.426 e. The fraction of sp³-hybridized carbons (Fsp3) is 0.200. The number of ether oxygens (including phenoxy) is 1. The van der Waals surface area contributed by atoms with E-state index in [1.54, 1.807) is 19.9 Å². The van der Waals surface area contributed by atoms with Crippen molar-refractivity contribution < 1.29 is 14.3 Å². The molecule has 0 fully saturated rings. The summed E-state index contributed by atoms with van der Waals surface area (Å²) in [6, 6.07) is 11.0. The number of carbonyl (C=O) groups is 2. The highest BCUT2D eigenvalue weighted by molar-refractivity contribution is 6.01. The molecule has 0 N–H and O–H groups in total. The first-order chi connectivity index (χ1) is 8.63. The zero-order valence-electron chi connectivity index (χ0n) is 10.3. The van der Waals surface area contributed by atoms with E-state index in [-0.39, 0.29) is 11.9 Å². The van der Waals surface area contributed by atoms with Gasteiger partial charge in [0.15, 0.2) is 6.29 Å². The summed E-state index contributed by atoms with van der Waals surface area (Å²) in [7, 11) is 0. The van der Waals surface area contributed by atoms with Gasteiger partial charge in [0, 0.05) is 0 Å². The molecule has 0 aliphatic rings. The van der Waals surface area contributed by atoms with Crippen LogP contribution in [0.25, 0.3) is 10.8 Å². The van der Waals surface area contributed by atoms with Crippen LogP contribution in [0.1, 0.15) is 24.2 Å². The lowest BCUT2D eigenvalue weighted by Crippen LogP contribution is -2.15. The highest BCUT2D eigenvalue weighted by atomic mass is 16.5. The van der Waals surface area contributed by atoms with Crippen molar-refractivity contribution in [3.8, 4) is 5.75 Å². The van der Waals surface area contributed by atoms with Crippen molar-refractivity contribution in [1.82, 2.24) is 0 Å². The largest absolute Gasteiger partial charge is 0.426 e. The highest BCUT2D eigenvalue weighted by Gasteiger charge is 2.14. The van der Waals surface area contributed by atoms with Gasteiger partial charge in [0.25, 0.3) is 0 Å². The zero-order valence-corrected chi connectivity index (χ0v) is 10.3.